The average molecular weight is 457 g/mol. The first-order valence-corrected chi connectivity index (χ1v) is 16.2. The molecule has 0 radical (unpaired) electrons. The maximum absolute atomic E-state index is 6.66. The van der Waals surface area contributed by atoms with E-state index in [-0.39, 0.29) is 4.78 Å². The highest BCUT2D eigenvalue weighted by atomic mass is 32.3. The largest absolute Gasteiger partial charge is 0.788 e. The van der Waals surface area contributed by atoms with Crippen molar-refractivity contribution in [3.63, 3.8) is 0 Å². The van der Waals surface area contributed by atoms with Gasteiger partial charge in [0, 0.05) is 0 Å². The van der Waals surface area contributed by atoms with E-state index in [9.17, 15) is 0 Å². The maximum atomic E-state index is 6.66. The molecule has 4 rings (SSSR count). The summed E-state index contributed by atoms with van der Waals surface area (Å²) in [6.45, 7) is 7.27. The molecule has 0 spiro atoms. The molecule has 0 heterocycles. The van der Waals surface area contributed by atoms with Gasteiger partial charge < -0.3 is 12.1 Å². The van der Waals surface area contributed by atoms with E-state index in [0.29, 0.717) is 0 Å². The second-order valence-electron chi connectivity index (χ2n) is 8.64. The third kappa shape index (κ3) is 3.61. The van der Waals surface area contributed by atoms with Crippen molar-refractivity contribution < 1.29 is 0 Å². The third-order valence-electron chi connectivity index (χ3n) is 6.76. The van der Waals surface area contributed by atoms with E-state index in [0.717, 1.165) is 0 Å². The Morgan fingerprint density at radius 3 is 1.16 bits per heavy atom. The van der Waals surface area contributed by atoms with Crippen molar-refractivity contribution in [1.82, 2.24) is 0 Å². The highest BCUT2D eigenvalue weighted by molar-refractivity contribution is 8.08. The molecule has 1 atom stereocenters. The van der Waals surface area contributed by atoms with E-state index in [4.69, 9.17) is 12.1 Å². The highest BCUT2D eigenvalue weighted by Gasteiger charge is 2.61. The molecule has 0 nitrogen and oxygen atoms in total. The van der Waals surface area contributed by atoms with Crippen molar-refractivity contribution >= 4 is 47.7 Å². The van der Waals surface area contributed by atoms with Crippen molar-refractivity contribution in [2.24, 2.45) is 0 Å². The van der Waals surface area contributed by atoms with Crippen LogP contribution in [0.4, 0.5) is 0 Å². The van der Waals surface area contributed by atoms with Crippen LogP contribution in [0.1, 0.15) is 13.8 Å². The molecule has 0 saturated carbocycles. The van der Waals surface area contributed by atoms with Crippen LogP contribution in [0, 0.1) is 0 Å². The predicted molar refractivity (Wildman–Crippen MR) is 144 cm³/mol. The monoisotopic (exact) mass is 456 g/mol. The second kappa shape index (κ2) is 8.79. The summed E-state index contributed by atoms with van der Waals surface area (Å²) in [4.78, 5) is 0. The van der Waals surface area contributed by atoms with Gasteiger partial charge in [0.1, 0.15) is 23.2 Å². The molecular weight excluding hydrogens is 427 g/mol. The van der Waals surface area contributed by atoms with Gasteiger partial charge >= 0.3 is 0 Å². The van der Waals surface area contributed by atoms with E-state index in [1.807, 2.05) is 0 Å². The topological polar surface area (TPSA) is 0 Å². The maximum Gasteiger partial charge on any atom is 0.112 e. The molecule has 0 aliphatic heterocycles. The van der Waals surface area contributed by atoms with E-state index >= 15 is 0 Å². The number of benzene rings is 4. The van der Waals surface area contributed by atoms with Gasteiger partial charge in [-0.25, -0.2) is 0 Å². The zero-order valence-electron chi connectivity index (χ0n) is 18.4. The smallest absolute Gasteiger partial charge is 0.112 e. The minimum Gasteiger partial charge on any atom is -0.788 e. The lowest BCUT2D eigenvalue weighted by Gasteiger charge is -2.55. The van der Waals surface area contributed by atoms with Gasteiger partial charge in [0.05, 0.1) is 4.78 Å². The Bertz CT molecular complexity index is 1010. The van der Waals surface area contributed by atoms with Crippen LogP contribution in [0.25, 0.3) is 0 Å². The summed E-state index contributed by atoms with van der Waals surface area (Å²) >= 11 is 6.66. The summed E-state index contributed by atoms with van der Waals surface area (Å²) in [5.74, 6) is 0. The molecule has 31 heavy (non-hydrogen) atoms. The van der Waals surface area contributed by atoms with Gasteiger partial charge in [-0.3, -0.25) is 0 Å². The van der Waals surface area contributed by atoms with Crippen LogP contribution in [-0.4, -0.2) is 12.0 Å². The van der Waals surface area contributed by atoms with Crippen LogP contribution >= 0.6 is 7.26 Å². The quantitative estimate of drug-likeness (QED) is 0.215. The van der Waals surface area contributed by atoms with Crippen LogP contribution in [-0.2, 0) is 12.1 Å². The molecule has 0 N–H and O–H groups in total. The van der Waals surface area contributed by atoms with E-state index < -0.39 is 14.5 Å². The van der Waals surface area contributed by atoms with Crippen molar-refractivity contribution in [3.8, 4) is 0 Å². The molecule has 3 heteroatoms. The second-order valence-corrected chi connectivity index (χ2v) is 19.4. The third-order valence-corrected chi connectivity index (χ3v) is 20.5. The van der Waals surface area contributed by atoms with Gasteiger partial charge in [-0.05, 0) is 57.5 Å². The predicted octanol–water partition coefficient (Wildman–Crippen LogP) is 5.33. The first-order valence-electron chi connectivity index (χ1n) is 10.7. The highest BCUT2D eigenvalue weighted by Crippen LogP contribution is 2.68. The van der Waals surface area contributed by atoms with Crippen LogP contribution in [0.15, 0.2) is 121 Å². The lowest BCUT2D eigenvalue weighted by molar-refractivity contribution is 0.956. The molecule has 4 aromatic rings. The van der Waals surface area contributed by atoms with Gasteiger partial charge in [-0.15, -0.1) is 0 Å². The van der Waals surface area contributed by atoms with Crippen LogP contribution in [0.5, 0.6) is 0 Å². The lowest BCUT2D eigenvalue weighted by atomic mass is 10.3. The number of hydrogen-bond donors (Lipinski definition) is 0. The fourth-order valence-corrected chi connectivity index (χ4v) is 16.8. The zero-order chi connectivity index (χ0) is 22.0. The molecule has 156 valence electrons. The Labute approximate surface area is 193 Å². The van der Waals surface area contributed by atoms with E-state index in [1.165, 1.54) is 21.1 Å². The van der Waals surface area contributed by atoms with Crippen molar-refractivity contribution in [3.05, 3.63) is 121 Å². The van der Waals surface area contributed by atoms with Crippen molar-refractivity contribution in [2.75, 3.05) is 0 Å². The average Bonchev–Trinajstić information content (AvgIpc) is 2.82. The Morgan fingerprint density at radius 1 is 0.548 bits per heavy atom. The summed E-state index contributed by atoms with van der Waals surface area (Å²) in [5, 5.41) is 5.54. The first-order chi connectivity index (χ1) is 14.9. The molecule has 0 aromatic heterocycles. The number of hydrogen-bond acceptors (Lipinski definition) is 1. The standard InChI is InChI=1S/C28H29PSSi/c1-28(2,31(3,30)27-22-14-7-15-23-27)29(24-16-8-4-9-17-24,25-18-10-5-11-19-25)26-20-12-6-13-21-26/h4-23H,1-3H3. The molecule has 0 saturated heterocycles. The summed E-state index contributed by atoms with van der Waals surface area (Å²) in [7, 11) is -4.44. The Hall–Kier alpha value is -2.12. The Morgan fingerprint density at radius 2 is 0.839 bits per heavy atom. The fourth-order valence-electron chi connectivity index (χ4n) is 4.80. The Balaban J connectivity index is 2.12. The molecule has 4 aromatic carbocycles. The molecule has 0 aliphatic rings. The molecule has 0 fully saturated rings. The van der Waals surface area contributed by atoms with Crippen molar-refractivity contribution in [2.45, 2.75) is 25.2 Å². The Kier molecular flexibility index (Phi) is 6.26. The van der Waals surface area contributed by atoms with E-state index in [1.54, 1.807) is 0 Å². The molecule has 1 unspecified atom stereocenters. The SMILES string of the molecule is CC(C)([Si](C)([S-])c1ccccc1)[P+](c1ccccc1)(c1ccccc1)c1ccccc1. The van der Waals surface area contributed by atoms with Gasteiger partial charge in [0.2, 0.25) is 0 Å². The summed E-state index contributed by atoms with van der Waals surface area (Å²) < 4.78 is -0.110. The fraction of sp³-hybridized carbons (Fsp3) is 0.143. The van der Waals surface area contributed by atoms with Gasteiger partial charge in [0.15, 0.2) is 0 Å². The van der Waals surface area contributed by atoms with Gasteiger partial charge in [0.25, 0.3) is 0 Å². The van der Waals surface area contributed by atoms with Crippen LogP contribution < -0.4 is 21.1 Å². The molecule has 0 aliphatic carbocycles. The first kappa shape index (κ1) is 22.1. The molecular formula is C28H29PSSi. The van der Waals surface area contributed by atoms with E-state index in [2.05, 4.69) is 142 Å². The minimum atomic E-state index is -2.36. The lowest BCUT2D eigenvalue weighted by Crippen LogP contribution is -2.65. The van der Waals surface area contributed by atoms with Gasteiger partial charge in [-0.2, -0.15) is 0 Å². The summed E-state index contributed by atoms with van der Waals surface area (Å²) in [6.07, 6.45) is 0. The van der Waals surface area contributed by atoms with Crippen molar-refractivity contribution in [1.29, 1.82) is 0 Å². The van der Waals surface area contributed by atoms with Gasteiger partial charge in [-0.1, -0.05) is 96.7 Å². The summed E-state index contributed by atoms with van der Waals surface area (Å²) in [5.41, 5.74) is 0. The normalized spacial score (nSPS) is 14.1. The molecule has 0 bridgehead atoms. The minimum absolute atomic E-state index is 0.110. The van der Waals surface area contributed by atoms with Crippen LogP contribution in [0.3, 0.4) is 0 Å². The molecule has 0 amide bonds. The van der Waals surface area contributed by atoms with Crippen LogP contribution in [0.2, 0.25) is 6.55 Å². The zero-order valence-corrected chi connectivity index (χ0v) is 21.1. The number of rotatable bonds is 6. The summed E-state index contributed by atoms with van der Waals surface area (Å²) in [6, 6.07) is 44.2.